The average molecular weight is 268 g/mol. The lowest BCUT2D eigenvalue weighted by molar-refractivity contribution is -0.00820. The van der Waals surface area contributed by atoms with Gasteiger partial charge < -0.3 is 19.1 Å². The molecule has 1 saturated heterocycles. The predicted molar refractivity (Wildman–Crippen MR) is 66.4 cm³/mol. The second-order valence-electron chi connectivity index (χ2n) is 3.46. The molecule has 2 radical (unpaired) electrons. The second-order valence-corrected chi connectivity index (χ2v) is 10.5. The summed E-state index contributed by atoms with van der Waals surface area (Å²) in [4.78, 5) is 0. The van der Waals surface area contributed by atoms with Gasteiger partial charge in [-0.15, -0.1) is 12.2 Å². The minimum absolute atomic E-state index is 0.304. The number of hydrogen-bond donors (Lipinski definition) is 2. The predicted octanol–water partition coefficient (Wildman–Crippen LogP) is 0.141. The third kappa shape index (κ3) is 4.00. The molecule has 15 heavy (non-hydrogen) atoms. The number of methoxy groups -OCH3 is 1. The normalized spacial score (nSPS) is 40.3. The molecule has 1 fully saturated rings. The third-order valence-electron chi connectivity index (χ3n) is 2.02. The zero-order valence-electron chi connectivity index (χ0n) is 8.57. The summed E-state index contributed by atoms with van der Waals surface area (Å²) < 4.78 is 15.7. The van der Waals surface area contributed by atoms with E-state index in [9.17, 15) is 5.11 Å². The van der Waals surface area contributed by atoms with E-state index in [-0.39, 0.29) is 0 Å². The van der Waals surface area contributed by atoms with Crippen molar-refractivity contribution in [2.24, 2.45) is 0 Å². The first-order valence-corrected chi connectivity index (χ1v) is 8.74. The highest BCUT2D eigenvalue weighted by molar-refractivity contribution is 8.61. The van der Waals surface area contributed by atoms with Crippen molar-refractivity contribution in [3.05, 3.63) is 0 Å². The van der Waals surface area contributed by atoms with Crippen molar-refractivity contribution < 1.29 is 19.1 Å². The molecule has 0 saturated carbocycles. The SMILES string of the molecule is [B][C@@H]1O[C@H](COC)C(OP(C)(=S)S)C1O. The molecule has 0 aliphatic carbocycles. The molecule has 86 valence electrons. The van der Waals surface area contributed by atoms with Crippen LogP contribution in [0.25, 0.3) is 0 Å². The molecule has 1 heterocycles. The van der Waals surface area contributed by atoms with Crippen LogP contribution >= 0.6 is 17.7 Å². The summed E-state index contributed by atoms with van der Waals surface area (Å²) in [5.41, 5.74) is -2.16. The van der Waals surface area contributed by atoms with Crippen molar-refractivity contribution in [2.45, 2.75) is 24.3 Å². The summed E-state index contributed by atoms with van der Waals surface area (Å²) in [5, 5.41) is 9.72. The maximum absolute atomic E-state index is 9.72. The largest absolute Gasteiger partial charge is 0.388 e. The molecular weight excluding hydrogens is 254 g/mol. The summed E-state index contributed by atoms with van der Waals surface area (Å²) in [6.07, 6.45) is -1.85. The third-order valence-corrected chi connectivity index (χ3v) is 3.20. The van der Waals surface area contributed by atoms with Crippen LogP contribution in [0.15, 0.2) is 0 Å². The van der Waals surface area contributed by atoms with Gasteiger partial charge in [0.1, 0.15) is 31.6 Å². The van der Waals surface area contributed by atoms with Crippen LogP contribution in [0.2, 0.25) is 0 Å². The van der Waals surface area contributed by atoms with Crippen LogP contribution in [-0.4, -0.2) is 57.6 Å². The van der Waals surface area contributed by atoms with Gasteiger partial charge in [0.15, 0.2) is 0 Å². The van der Waals surface area contributed by atoms with E-state index in [1.165, 1.54) is 0 Å². The molecule has 0 spiro atoms. The molecule has 0 aromatic heterocycles. The lowest BCUT2D eigenvalue weighted by Gasteiger charge is -2.23. The van der Waals surface area contributed by atoms with Crippen molar-refractivity contribution >= 4 is 37.4 Å². The van der Waals surface area contributed by atoms with Crippen LogP contribution in [0.1, 0.15) is 0 Å². The fraction of sp³-hybridized carbons (Fsp3) is 1.00. The monoisotopic (exact) mass is 268 g/mol. The van der Waals surface area contributed by atoms with E-state index in [0.29, 0.717) is 6.61 Å². The first-order valence-electron chi connectivity index (χ1n) is 4.42. The van der Waals surface area contributed by atoms with E-state index in [1.54, 1.807) is 13.8 Å². The Bertz CT molecular complexity index is 261. The average Bonchev–Trinajstić information content (AvgIpc) is 2.32. The molecule has 0 amide bonds. The molecule has 1 N–H and O–H groups in total. The van der Waals surface area contributed by atoms with Gasteiger partial charge in [0, 0.05) is 13.1 Å². The number of hydrogen-bond acceptors (Lipinski definition) is 5. The molecule has 0 bridgehead atoms. The summed E-state index contributed by atoms with van der Waals surface area (Å²) in [6.45, 7) is 2.02. The Morgan fingerprint density at radius 2 is 2.27 bits per heavy atom. The van der Waals surface area contributed by atoms with Crippen LogP contribution in [0.4, 0.5) is 0 Å². The van der Waals surface area contributed by atoms with Crippen LogP contribution in [0, 0.1) is 0 Å². The van der Waals surface area contributed by atoms with Crippen molar-refractivity contribution in [1.82, 2.24) is 0 Å². The summed E-state index contributed by atoms with van der Waals surface area (Å²) in [7, 11) is 7.09. The number of aliphatic hydroxyl groups is 1. The van der Waals surface area contributed by atoms with Crippen LogP contribution in [0.3, 0.4) is 0 Å². The van der Waals surface area contributed by atoms with Gasteiger partial charge >= 0.3 is 0 Å². The Kier molecular flexibility index (Phi) is 5.12. The van der Waals surface area contributed by atoms with Crippen molar-refractivity contribution in [3.8, 4) is 0 Å². The molecule has 8 heteroatoms. The molecule has 1 aliphatic rings. The first-order chi connectivity index (χ1) is 6.85. The Morgan fingerprint density at radius 3 is 2.73 bits per heavy atom. The fourth-order valence-electron chi connectivity index (χ4n) is 1.42. The minimum Gasteiger partial charge on any atom is -0.388 e. The summed E-state index contributed by atoms with van der Waals surface area (Å²) >= 11 is 9.22. The second kappa shape index (κ2) is 5.49. The van der Waals surface area contributed by atoms with Crippen molar-refractivity contribution in [2.75, 3.05) is 20.4 Å². The molecule has 3 unspecified atom stereocenters. The maximum atomic E-state index is 9.72. The van der Waals surface area contributed by atoms with Gasteiger partial charge in [-0.3, -0.25) is 0 Å². The highest BCUT2D eigenvalue weighted by Crippen LogP contribution is 2.51. The number of aliphatic hydroxyl groups excluding tert-OH is 1. The Labute approximate surface area is 101 Å². The van der Waals surface area contributed by atoms with E-state index < -0.39 is 29.8 Å². The molecule has 0 aromatic carbocycles. The van der Waals surface area contributed by atoms with Gasteiger partial charge in [-0.25, -0.2) is 0 Å². The molecule has 1 rings (SSSR count). The Morgan fingerprint density at radius 1 is 1.67 bits per heavy atom. The van der Waals surface area contributed by atoms with E-state index in [1.807, 2.05) is 0 Å². The van der Waals surface area contributed by atoms with Gasteiger partial charge in [0.05, 0.1) is 6.61 Å². The zero-order chi connectivity index (χ0) is 11.6. The highest BCUT2D eigenvalue weighted by Gasteiger charge is 2.43. The number of ether oxygens (including phenoxy) is 2. The number of rotatable bonds is 4. The lowest BCUT2D eigenvalue weighted by Crippen LogP contribution is -2.36. The lowest BCUT2D eigenvalue weighted by atomic mass is 9.93. The topological polar surface area (TPSA) is 47.9 Å². The molecular formula is C7H14BO4PS2. The van der Waals surface area contributed by atoms with Crippen LogP contribution in [-0.2, 0) is 25.8 Å². The summed E-state index contributed by atoms with van der Waals surface area (Å²) in [6, 6.07) is -0.759. The van der Waals surface area contributed by atoms with E-state index in [2.05, 4.69) is 12.2 Å². The first kappa shape index (κ1) is 14.0. The Hall–Kier alpha value is 0.905. The quantitative estimate of drug-likeness (QED) is 0.431. The van der Waals surface area contributed by atoms with Crippen molar-refractivity contribution in [1.29, 1.82) is 0 Å². The molecule has 4 nitrogen and oxygen atoms in total. The van der Waals surface area contributed by atoms with Gasteiger partial charge in [0.25, 0.3) is 0 Å². The summed E-state index contributed by atoms with van der Waals surface area (Å²) in [5.74, 6) is 0. The van der Waals surface area contributed by atoms with E-state index in [4.69, 9.17) is 33.7 Å². The molecule has 1 aliphatic heterocycles. The van der Waals surface area contributed by atoms with Crippen LogP contribution in [0.5, 0.6) is 0 Å². The van der Waals surface area contributed by atoms with E-state index in [0.717, 1.165) is 0 Å². The molecule has 0 aromatic rings. The highest BCUT2D eigenvalue weighted by atomic mass is 32.9. The zero-order valence-corrected chi connectivity index (χ0v) is 11.2. The smallest absolute Gasteiger partial charge is 0.120 e. The Balaban J connectivity index is 2.68. The van der Waals surface area contributed by atoms with E-state index >= 15 is 0 Å². The van der Waals surface area contributed by atoms with Crippen molar-refractivity contribution in [3.63, 3.8) is 0 Å². The minimum atomic E-state index is -2.16. The van der Waals surface area contributed by atoms with Gasteiger partial charge in [-0.1, -0.05) is 11.8 Å². The van der Waals surface area contributed by atoms with Gasteiger partial charge in [-0.2, -0.15) is 0 Å². The van der Waals surface area contributed by atoms with Crippen LogP contribution < -0.4 is 0 Å². The van der Waals surface area contributed by atoms with Gasteiger partial charge in [-0.05, 0) is 6.66 Å². The fourth-order valence-corrected chi connectivity index (χ4v) is 2.76. The standard InChI is InChI=1S/C7H14BO4PS2/c1-10-3-4-6(12-13(2,14)15)5(9)7(8)11-4/h4-7,9H,3H2,1-2H3,(H,14,15)/t4-,5?,6?,7-/m1/s1. The molecule has 5 atom stereocenters. The maximum Gasteiger partial charge on any atom is 0.120 e. The van der Waals surface area contributed by atoms with Gasteiger partial charge in [0.2, 0.25) is 0 Å². The number of thiol groups is 1.